The standard InChI is InChI=1S/C17H34O2/c1-3-5-7-9-10-12-14-16-15(17(16,18)19)13-11-8-6-4-2/h15-16,18-19H,3-14H2,1-2H3. The van der Waals surface area contributed by atoms with Gasteiger partial charge in [0.05, 0.1) is 0 Å². The predicted octanol–water partition coefficient (Wildman–Crippen LogP) is 4.63. The SMILES string of the molecule is CCCCCCCCC1C(CCCCCC)C1(O)O. The largest absolute Gasteiger partial charge is 0.365 e. The molecule has 2 nitrogen and oxygen atoms in total. The van der Waals surface area contributed by atoms with Crippen molar-refractivity contribution in [1.29, 1.82) is 0 Å². The van der Waals surface area contributed by atoms with Crippen LogP contribution in [0, 0.1) is 11.8 Å². The minimum Gasteiger partial charge on any atom is -0.365 e. The highest BCUT2D eigenvalue weighted by Crippen LogP contribution is 2.54. The van der Waals surface area contributed by atoms with Gasteiger partial charge in [0.25, 0.3) is 0 Å². The second-order valence-electron chi connectivity index (χ2n) is 6.40. The summed E-state index contributed by atoms with van der Waals surface area (Å²) in [5.41, 5.74) is 0. The molecule has 0 amide bonds. The molecule has 2 heteroatoms. The smallest absolute Gasteiger partial charge is 0.169 e. The molecule has 0 heterocycles. The fourth-order valence-corrected chi connectivity index (χ4v) is 3.27. The summed E-state index contributed by atoms with van der Waals surface area (Å²) in [6.45, 7) is 4.44. The van der Waals surface area contributed by atoms with Gasteiger partial charge < -0.3 is 10.2 Å². The van der Waals surface area contributed by atoms with Crippen LogP contribution >= 0.6 is 0 Å². The van der Waals surface area contributed by atoms with E-state index >= 15 is 0 Å². The quantitative estimate of drug-likeness (QED) is 0.401. The lowest BCUT2D eigenvalue weighted by molar-refractivity contribution is -0.0950. The number of rotatable bonds is 12. The number of hydrogen-bond donors (Lipinski definition) is 2. The lowest BCUT2D eigenvalue weighted by atomic mass is 10.0. The molecule has 0 aromatic carbocycles. The van der Waals surface area contributed by atoms with Crippen molar-refractivity contribution in [2.75, 3.05) is 0 Å². The molecule has 2 N–H and O–H groups in total. The van der Waals surface area contributed by atoms with Gasteiger partial charge in [-0.3, -0.25) is 0 Å². The maximum absolute atomic E-state index is 9.90. The van der Waals surface area contributed by atoms with E-state index in [1.807, 2.05) is 0 Å². The lowest BCUT2D eigenvalue weighted by Gasteiger charge is -2.02. The minimum atomic E-state index is -1.32. The van der Waals surface area contributed by atoms with E-state index in [4.69, 9.17) is 0 Å². The van der Waals surface area contributed by atoms with E-state index in [2.05, 4.69) is 13.8 Å². The molecule has 1 rings (SSSR count). The van der Waals surface area contributed by atoms with Crippen molar-refractivity contribution < 1.29 is 10.2 Å². The maximum Gasteiger partial charge on any atom is 0.169 e. The van der Waals surface area contributed by atoms with Gasteiger partial charge in [0.2, 0.25) is 0 Å². The molecular formula is C17H34O2. The Hall–Kier alpha value is -0.0800. The summed E-state index contributed by atoms with van der Waals surface area (Å²) in [5.74, 6) is -0.990. The Morgan fingerprint density at radius 3 is 1.47 bits per heavy atom. The zero-order valence-corrected chi connectivity index (χ0v) is 13.0. The summed E-state index contributed by atoms with van der Waals surface area (Å²) < 4.78 is 0. The summed E-state index contributed by atoms with van der Waals surface area (Å²) in [5, 5.41) is 19.8. The van der Waals surface area contributed by atoms with Gasteiger partial charge in [-0.2, -0.15) is 0 Å². The Morgan fingerprint density at radius 1 is 0.632 bits per heavy atom. The first-order chi connectivity index (χ1) is 9.14. The highest BCUT2D eigenvalue weighted by molar-refractivity contribution is 5.03. The van der Waals surface area contributed by atoms with Crippen LogP contribution in [0.5, 0.6) is 0 Å². The van der Waals surface area contributed by atoms with Crippen LogP contribution in [-0.4, -0.2) is 16.0 Å². The first-order valence-corrected chi connectivity index (χ1v) is 8.59. The topological polar surface area (TPSA) is 40.5 Å². The Morgan fingerprint density at radius 2 is 1.00 bits per heavy atom. The monoisotopic (exact) mass is 270 g/mol. The van der Waals surface area contributed by atoms with Crippen LogP contribution in [0.25, 0.3) is 0 Å². The van der Waals surface area contributed by atoms with Gasteiger partial charge in [-0.15, -0.1) is 0 Å². The fourth-order valence-electron chi connectivity index (χ4n) is 3.27. The summed E-state index contributed by atoms with van der Waals surface area (Å²) in [7, 11) is 0. The van der Waals surface area contributed by atoms with E-state index in [-0.39, 0.29) is 11.8 Å². The Kier molecular flexibility index (Phi) is 8.01. The van der Waals surface area contributed by atoms with Gasteiger partial charge in [-0.1, -0.05) is 78.1 Å². The van der Waals surface area contributed by atoms with Crippen LogP contribution in [0.15, 0.2) is 0 Å². The first kappa shape index (κ1) is 17.0. The van der Waals surface area contributed by atoms with E-state index in [1.54, 1.807) is 0 Å². The van der Waals surface area contributed by atoms with Crippen LogP contribution in [0.4, 0.5) is 0 Å². The van der Waals surface area contributed by atoms with Crippen molar-refractivity contribution in [3.8, 4) is 0 Å². The van der Waals surface area contributed by atoms with E-state index in [0.717, 1.165) is 19.3 Å². The van der Waals surface area contributed by atoms with E-state index in [0.29, 0.717) is 0 Å². The molecule has 0 aromatic heterocycles. The number of aliphatic hydroxyl groups is 2. The molecule has 19 heavy (non-hydrogen) atoms. The van der Waals surface area contributed by atoms with Gasteiger partial charge >= 0.3 is 0 Å². The molecule has 0 radical (unpaired) electrons. The molecule has 0 saturated heterocycles. The van der Waals surface area contributed by atoms with Gasteiger partial charge in [0.15, 0.2) is 5.79 Å². The average Bonchev–Trinajstić information content (AvgIpc) is 2.90. The summed E-state index contributed by atoms with van der Waals surface area (Å²) in [4.78, 5) is 0. The van der Waals surface area contributed by atoms with Gasteiger partial charge in [0.1, 0.15) is 0 Å². The fraction of sp³-hybridized carbons (Fsp3) is 1.00. The van der Waals surface area contributed by atoms with E-state index in [9.17, 15) is 10.2 Å². The highest BCUT2D eigenvalue weighted by Gasteiger charge is 2.61. The molecule has 2 unspecified atom stereocenters. The van der Waals surface area contributed by atoms with Gasteiger partial charge in [-0.05, 0) is 12.8 Å². The van der Waals surface area contributed by atoms with Crippen LogP contribution in [0.1, 0.15) is 90.9 Å². The van der Waals surface area contributed by atoms with Gasteiger partial charge in [-0.25, -0.2) is 0 Å². The third-order valence-electron chi connectivity index (χ3n) is 4.71. The number of unbranched alkanes of at least 4 members (excludes halogenated alkanes) is 8. The molecule has 0 aliphatic heterocycles. The Labute approximate surface area is 119 Å². The van der Waals surface area contributed by atoms with Crippen molar-refractivity contribution in [3.63, 3.8) is 0 Å². The van der Waals surface area contributed by atoms with Crippen LogP contribution in [0.3, 0.4) is 0 Å². The van der Waals surface area contributed by atoms with Crippen LogP contribution in [-0.2, 0) is 0 Å². The summed E-state index contributed by atoms with van der Waals surface area (Å²) in [6, 6.07) is 0. The van der Waals surface area contributed by atoms with E-state index in [1.165, 1.54) is 57.8 Å². The lowest BCUT2D eigenvalue weighted by Crippen LogP contribution is -2.11. The molecule has 0 aromatic rings. The molecule has 1 fully saturated rings. The van der Waals surface area contributed by atoms with Crippen molar-refractivity contribution >= 4 is 0 Å². The zero-order valence-electron chi connectivity index (χ0n) is 13.0. The van der Waals surface area contributed by atoms with Crippen LogP contribution < -0.4 is 0 Å². The second kappa shape index (κ2) is 8.97. The normalized spacial score (nSPS) is 24.6. The highest BCUT2D eigenvalue weighted by atomic mass is 16.5. The van der Waals surface area contributed by atoms with Crippen LogP contribution in [0.2, 0.25) is 0 Å². The molecule has 0 bridgehead atoms. The molecule has 114 valence electrons. The van der Waals surface area contributed by atoms with Crippen molar-refractivity contribution in [1.82, 2.24) is 0 Å². The van der Waals surface area contributed by atoms with Crippen molar-refractivity contribution in [3.05, 3.63) is 0 Å². The Bertz CT molecular complexity index is 225. The molecule has 1 aliphatic carbocycles. The molecule has 0 spiro atoms. The number of hydrogen-bond acceptors (Lipinski definition) is 2. The third-order valence-corrected chi connectivity index (χ3v) is 4.71. The van der Waals surface area contributed by atoms with E-state index < -0.39 is 5.79 Å². The van der Waals surface area contributed by atoms with Crippen molar-refractivity contribution in [2.24, 2.45) is 11.8 Å². The average molecular weight is 270 g/mol. The summed E-state index contributed by atoms with van der Waals surface area (Å²) in [6.07, 6.45) is 14.7. The van der Waals surface area contributed by atoms with Gasteiger partial charge in [0, 0.05) is 11.8 Å². The molecule has 1 saturated carbocycles. The maximum atomic E-state index is 9.90. The first-order valence-electron chi connectivity index (χ1n) is 8.59. The third kappa shape index (κ3) is 5.83. The zero-order chi connectivity index (χ0) is 14.1. The van der Waals surface area contributed by atoms with Crippen molar-refractivity contribution in [2.45, 2.75) is 96.7 Å². The predicted molar refractivity (Wildman–Crippen MR) is 80.9 cm³/mol. The molecule has 2 atom stereocenters. The summed E-state index contributed by atoms with van der Waals surface area (Å²) >= 11 is 0. The molecular weight excluding hydrogens is 236 g/mol. The second-order valence-corrected chi connectivity index (χ2v) is 6.40. The Balaban J connectivity index is 2.03. The molecule has 1 aliphatic rings. The minimum absolute atomic E-state index is 0.167.